The SMILES string of the molecule is CCn1cc([C@@H]2NC(=O)CC[C@H]2NCc2ccc(C(=O)NC)cc2)cn1. The smallest absolute Gasteiger partial charge is 0.251 e. The van der Waals surface area contributed by atoms with Gasteiger partial charge in [0.1, 0.15) is 0 Å². The number of hydrogen-bond donors (Lipinski definition) is 3. The molecule has 1 saturated heterocycles. The minimum atomic E-state index is -0.0903. The molecule has 2 aromatic rings. The summed E-state index contributed by atoms with van der Waals surface area (Å²) in [4.78, 5) is 23.5. The van der Waals surface area contributed by atoms with E-state index < -0.39 is 0 Å². The molecule has 1 fully saturated rings. The molecule has 2 atom stereocenters. The standard InChI is InChI=1S/C19H25N5O2/c1-3-24-12-15(11-22-24)18-16(8-9-17(25)23-18)21-10-13-4-6-14(7-5-13)19(26)20-2/h4-7,11-12,16,18,21H,3,8-10H2,1-2H3,(H,20,26)(H,23,25)/t16-,18+/m1/s1. The summed E-state index contributed by atoms with van der Waals surface area (Å²) in [6.07, 6.45) is 5.12. The third kappa shape index (κ3) is 4.11. The number of aromatic nitrogens is 2. The molecule has 1 aromatic heterocycles. The Morgan fingerprint density at radius 2 is 2.12 bits per heavy atom. The summed E-state index contributed by atoms with van der Waals surface area (Å²) in [5.74, 6) is -0.0141. The normalized spacial score (nSPS) is 19.8. The summed E-state index contributed by atoms with van der Waals surface area (Å²) in [5.41, 5.74) is 2.76. The number of amides is 2. The number of carbonyl (C=O) groups is 2. The maximum absolute atomic E-state index is 11.9. The highest BCUT2D eigenvalue weighted by Crippen LogP contribution is 2.24. The number of nitrogens with one attached hydrogen (secondary N) is 3. The Morgan fingerprint density at radius 1 is 1.35 bits per heavy atom. The molecule has 138 valence electrons. The summed E-state index contributed by atoms with van der Waals surface area (Å²) in [7, 11) is 1.62. The van der Waals surface area contributed by atoms with Gasteiger partial charge in [0, 0.05) is 49.9 Å². The van der Waals surface area contributed by atoms with Crippen molar-refractivity contribution in [2.45, 2.75) is 44.9 Å². The van der Waals surface area contributed by atoms with Crippen LogP contribution in [-0.4, -0.2) is 34.7 Å². The van der Waals surface area contributed by atoms with Crippen molar-refractivity contribution in [3.8, 4) is 0 Å². The maximum Gasteiger partial charge on any atom is 0.251 e. The summed E-state index contributed by atoms with van der Waals surface area (Å²) in [5, 5.41) is 13.6. The van der Waals surface area contributed by atoms with E-state index in [0.29, 0.717) is 18.5 Å². The van der Waals surface area contributed by atoms with Crippen LogP contribution in [0.1, 0.15) is 47.3 Å². The predicted octanol–water partition coefficient (Wildman–Crippen LogP) is 1.37. The number of hydrogen-bond acceptors (Lipinski definition) is 4. The van der Waals surface area contributed by atoms with Crippen molar-refractivity contribution in [2.75, 3.05) is 7.05 Å². The Bertz CT molecular complexity index is 768. The number of carbonyl (C=O) groups excluding carboxylic acids is 2. The monoisotopic (exact) mass is 355 g/mol. The Labute approximate surface area is 153 Å². The van der Waals surface area contributed by atoms with Crippen LogP contribution >= 0.6 is 0 Å². The molecule has 1 aromatic carbocycles. The largest absolute Gasteiger partial charge is 0.355 e. The first-order valence-electron chi connectivity index (χ1n) is 8.96. The molecule has 2 amide bonds. The average molecular weight is 355 g/mol. The predicted molar refractivity (Wildman–Crippen MR) is 98.5 cm³/mol. The first-order valence-corrected chi connectivity index (χ1v) is 8.96. The quantitative estimate of drug-likeness (QED) is 0.730. The minimum absolute atomic E-state index is 0.0761. The van der Waals surface area contributed by atoms with Crippen molar-refractivity contribution < 1.29 is 9.59 Å². The topological polar surface area (TPSA) is 88.0 Å². The third-order valence-electron chi connectivity index (χ3n) is 4.75. The maximum atomic E-state index is 11.9. The van der Waals surface area contributed by atoms with Crippen LogP contribution in [-0.2, 0) is 17.9 Å². The van der Waals surface area contributed by atoms with Gasteiger partial charge in [0.15, 0.2) is 0 Å². The van der Waals surface area contributed by atoms with Gasteiger partial charge < -0.3 is 16.0 Å². The van der Waals surface area contributed by atoms with Crippen molar-refractivity contribution >= 4 is 11.8 Å². The molecule has 1 aliphatic rings. The van der Waals surface area contributed by atoms with E-state index in [2.05, 4.69) is 21.0 Å². The molecule has 26 heavy (non-hydrogen) atoms. The van der Waals surface area contributed by atoms with E-state index in [1.807, 2.05) is 48.3 Å². The van der Waals surface area contributed by atoms with Crippen molar-refractivity contribution in [1.82, 2.24) is 25.7 Å². The third-order valence-corrected chi connectivity index (χ3v) is 4.75. The van der Waals surface area contributed by atoms with Gasteiger partial charge in [-0.15, -0.1) is 0 Å². The minimum Gasteiger partial charge on any atom is -0.355 e. The van der Waals surface area contributed by atoms with Crippen LogP contribution in [0, 0.1) is 0 Å². The average Bonchev–Trinajstić information content (AvgIpc) is 3.16. The zero-order valence-corrected chi connectivity index (χ0v) is 15.2. The molecule has 3 N–H and O–H groups in total. The van der Waals surface area contributed by atoms with Gasteiger partial charge in [0.2, 0.25) is 5.91 Å². The zero-order chi connectivity index (χ0) is 18.5. The van der Waals surface area contributed by atoms with Crippen molar-refractivity contribution in [3.05, 3.63) is 53.3 Å². The van der Waals surface area contributed by atoms with Crippen LogP contribution in [0.3, 0.4) is 0 Å². The molecule has 0 aliphatic carbocycles. The number of benzene rings is 1. The van der Waals surface area contributed by atoms with Gasteiger partial charge in [-0.3, -0.25) is 14.3 Å². The van der Waals surface area contributed by atoms with Gasteiger partial charge in [-0.05, 0) is 31.0 Å². The lowest BCUT2D eigenvalue weighted by atomic mass is 9.93. The molecular weight excluding hydrogens is 330 g/mol. The zero-order valence-electron chi connectivity index (χ0n) is 15.2. The van der Waals surface area contributed by atoms with Crippen molar-refractivity contribution in [3.63, 3.8) is 0 Å². The molecule has 7 heteroatoms. The lowest BCUT2D eigenvalue weighted by Crippen LogP contribution is -2.48. The second-order valence-corrected chi connectivity index (χ2v) is 6.48. The number of nitrogens with zero attached hydrogens (tertiary/aromatic N) is 2. The Hall–Kier alpha value is -2.67. The van der Waals surface area contributed by atoms with Crippen LogP contribution in [0.5, 0.6) is 0 Å². The number of piperidine rings is 1. The summed E-state index contributed by atoms with van der Waals surface area (Å²) < 4.78 is 1.87. The second kappa shape index (κ2) is 8.14. The molecular formula is C19H25N5O2. The molecule has 7 nitrogen and oxygen atoms in total. The van der Waals surface area contributed by atoms with Crippen LogP contribution in [0.4, 0.5) is 0 Å². The molecule has 1 aliphatic heterocycles. The second-order valence-electron chi connectivity index (χ2n) is 6.48. The fourth-order valence-corrected chi connectivity index (χ4v) is 3.22. The summed E-state index contributed by atoms with van der Waals surface area (Å²) in [6, 6.07) is 7.59. The van der Waals surface area contributed by atoms with Crippen LogP contribution < -0.4 is 16.0 Å². The fraction of sp³-hybridized carbons (Fsp3) is 0.421. The van der Waals surface area contributed by atoms with E-state index in [1.54, 1.807) is 7.05 Å². The van der Waals surface area contributed by atoms with E-state index in [0.717, 1.165) is 24.1 Å². The van der Waals surface area contributed by atoms with Crippen LogP contribution in [0.25, 0.3) is 0 Å². The van der Waals surface area contributed by atoms with Crippen LogP contribution in [0.2, 0.25) is 0 Å². The highest BCUT2D eigenvalue weighted by atomic mass is 16.2. The fourth-order valence-electron chi connectivity index (χ4n) is 3.22. The lowest BCUT2D eigenvalue weighted by molar-refractivity contribution is -0.123. The molecule has 0 unspecified atom stereocenters. The Morgan fingerprint density at radius 3 is 2.77 bits per heavy atom. The highest BCUT2D eigenvalue weighted by Gasteiger charge is 2.30. The van der Waals surface area contributed by atoms with E-state index in [9.17, 15) is 9.59 Å². The van der Waals surface area contributed by atoms with E-state index in [4.69, 9.17) is 0 Å². The van der Waals surface area contributed by atoms with Crippen molar-refractivity contribution in [1.29, 1.82) is 0 Å². The number of rotatable bonds is 6. The van der Waals surface area contributed by atoms with Gasteiger partial charge in [-0.25, -0.2) is 0 Å². The Kier molecular flexibility index (Phi) is 5.68. The molecule has 0 radical (unpaired) electrons. The first-order chi connectivity index (χ1) is 12.6. The molecule has 3 rings (SSSR count). The molecule has 0 spiro atoms. The van der Waals surface area contributed by atoms with Gasteiger partial charge in [-0.2, -0.15) is 5.10 Å². The highest BCUT2D eigenvalue weighted by molar-refractivity contribution is 5.93. The molecule has 0 bridgehead atoms. The molecule has 0 saturated carbocycles. The number of aryl methyl sites for hydroxylation is 1. The Balaban J connectivity index is 1.66. The summed E-state index contributed by atoms with van der Waals surface area (Å²) in [6.45, 7) is 3.51. The van der Waals surface area contributed by atoms with Crippen molar-refractivity contribution in [2.24, 2.45) is 0 Å². The van der Waals surface area contributed by atoms with E-state index >= 15 is 0 Å². The van der Waals surface area contributed by atoms with Crippen LogP contribution in [0.15, 0.2) is 36.7 Å². The van der Waals surface area contributed by atoms with Gasteiger partial charge >= 0.3 is 0 Å². The molecule has 2 heterocycles. The van der Waals surface area contributed by atoms with Gasteiger partial charge in [0.05, 0.1) is 12.2 Å². The first kappa shape index (κ1) is 18.1. The summed E-state index contributed by atoms with van der Waals surface area (Å²) >= 11 is 0. The van der Waals surface area contributed by atoms with E-state index in [-0.39, 0.29) is 23.9 Å². The van der Waals surface area contributed by atoms with E-state index in [1.165, 1.54) is 0 Å². The van der Waals surface area contributed by atoms with Gasteiger partial charge in [0.25, 0.3) is 5.91 Å². The lowest BCUT2D eigenvalue weighted by Gasteiger charge is -2.32. The van der Waals surface area contributed by atoms with Gasteiger partial charge in [-0.1, -0.05) is 12.1 Å².